The Morgan fingerprint density at radius 2 is 2.08 bits per heavy atom. The van der Waals surface area contributed by atoms with Gasteiger partial charge in [0.2, 0.25) is 0 Å². The maximum absolute atomic E-state index is 12.8. The maximum atomic E-state index is 12.8. The number of anilines is 3. The van der Waals surface area contributed by atoms with Gasteiger partial charge < -0.3 is 15.0 Å². The number of likely N-dealkylation sites (N-methyl/N-ethyl adjacent to an activating group) is 1. The van der Waals surface area contributed by atoms with Crippen LogP contribution in [0.2, 0.25) is 5.02 Å². The van der Waals surface area contributed by atoms with Crippen molar-refractivity contribution in [1.82, 2.24) is 4.98 Å². The lowest BCUT2D eigenvalue weighted by Gasteiger charge is -2.34. The zero-order valence-electron chi connectivity index (χ0n) is 13.8. The van der Waals surface area contributed by atoms with E-state index in [2.05, 4.69) is 10.3 Å². The van der Waals surface area contributed by atoms with Crippen LogP contribution in [0.1, 0.15) is 10.4 Å². The number of rotatable bonds is 2. The summed E-state index contributed by atoms with van der Waals surface area (Å²) in [4.78, 5) is 32.6. The summed E-state index contributed by atoms with van der Waals surface area (Å²) in [6, 6.07) is 7.84. The first-order chi connectivity index (χ1) is 12.0. The van der Waals surface area contributed by atoms with Crippen molar-refractivity contribution >= 4 is 40.8 Å². The summed E-state index contributed by atoms with van der Waals surface area (Å²) in [5.74, 6) is 0.176. The number of fused-ring (bicyclic) bond motifs is 1. The second-order valence-corrected chi connectivity index (χ2v) is 5.97. The third-order valence-corrected chi connectivity index (χ3v) is 4.19. The van der Waals surface area contributed by atoms with E-state index in [1.165, 1.54) is 19.2 Å². The number of benzene rings is 1. The van der Waals surface area contributed by atoms with Crippen LogP contribution in [-0.4, -0.2) is 44.2 Å². The Bertz CT molecular complexity index is 827. The lowest BCUT2D eigenvalue weighted by Crippen LogP contribution is -2.45. The van der Waals surface area contributed by atoms with E-state index in [0.29, 0.717) is 29.5 Å². The van der Waals surface area contributed by atoms with Crippen LogP contribution in [0, 0.1) is 0 Å². The lowest BCUT2D eigenvalue weighted by atomic mass is 10.2. The molecule has 2 aromatic rings. The van der Waals surface area contributed by atoms with E-state index in [0.717, 1.165) is 5.82 Å². The van der Waals surface area contributed by atoms with E-state index in [1.807, 2.05) is 18.0 Å². The molecule has 25 heavy (non-hydrogen) atoms. The fraction of sp³-hybridized carbons (Fsp3) is 0.235. The number of esters is 1. The molecule has 1 aliphatic rings. The van der Waals surface area contributed by atoms with E-state index in [9.17, 15) is 9.59 Å². The van der Waals surface area contributed by atoms with Crippen molar-refractivity contribution in [2.24, 2.45) is 0 Å². The smallest absolute Gasteiger partial charge is 0.339 e. The van der Waals surface area contributed by atoms with E-state index in [4.69, 9.17) is 16.3 Å². The Balaban J connectivity index is 1.90. The number of ether oxygens (including phenoxy) is 1. The molecule has 0 saturated heterocycles. The number of urea groups is 1. The lowest BCUT2D eigenvalue weighted by molar-refractivity contribution is 0.0602. The van der Waals surface area contributed by atoms with Crippen LogP contribution in [0.4, 0.5) is 22.0 Å². The van der Waals surface area contributed by atoms with Crippen LogP contribution >= 0.6 is 11.6 Å². The Morgan fingerprint density at radius 3 is 2.84 bits per heavy atom. The number of halogens is 1. The van der Waals surface area contributed by atoms with Gasteiger partial charge in [-0.1, -0.05) is 11.6 Å². The van der Waals surface area contributed by atoms with Crippen molar-refractivity contribution < 1.29 is 14.3 Å². The number of methoxy groups -OCH3 is 1. The van der Waals surface area contributed by atoms with Gasteiger partial charge >= 0.3 is 12.0 Å². The normalized spacial score (nSPS) is 13.2. The van der Waals surface area contributed by atoms with Crippen molar-refractivity contribution in [2.45, 2.75) is 0 Å². The summed E-state index contributed by atoms with van der Waals surface area (Å²) in [6.07, 6.45) is 1.68. The Hall–Kier alpha value is -2.80. The molecule has 0 atom stereocenters. The van der Waals surface area contributed by atoms with Crippen molar-refractivity contribution in [3.63, 3.8) is 0 Å². The Kier molecular flexibility index (Phi) is 4.76. The van der Waals surface area contributed by atoms with Gasteiger partial charge in [-0.2, -0.15) is 0 Å². The summed E-state index contributed by atoms with van der Waals surface area (Å²) in [7, 11) is 3.21. The molecule has 1 aromatic heterocycles. The fourth-order valence-corrected chi connectivity index (χ4v) is 2.84. The molecule has 0 spiro atoms. The molecule has 1 aromatic carbocycles. The number of hydrogen-bond donors (Lipinski definition) is 1. The number of carbonyl (C=O) groups excluding carboxylic acids is 2. The van der Waals surface area contributed by atoms with E-state index in [-0.39, 0.29) is 11.6 Å². The van der Waals surface area contributed by atoms with Crippen LogP contribution in [0.5, 0.6) is 0 Å². The van der Waals surface area contributed by atoms with Gasteiger partial charge in [0, 0.05) is 31.4 Å². The van der Waals surface area contributed by atoms with Gasteiger partial charge in [-0.3, -0.25) is 4.90 Å². The minimum Gasteiger partial charge on any atom is -0.465 e. The molecule has 2 heterocycles. The minimum atomic E-state index is -0.549. The fourth-order valence-electron chi connectivity index (χ4n) is 2.67. The van der Waals surface area contributed by atoms with Gasteiger partial charge in [0.15, 0.2) is 5.82 Å². The molecule has 1 N–H and O–H groups in total. The monoisotopic (exact) mass is 360 g/mol. The molecule has 2 amide bonds. The van der Waals surface area contributed by atoms with Crippen molar-refractivity contribution in [1.29, 1.82) is 0 Å². The zero-order chi connectivity index (χ0) is 18.0. The second kappa shape index (κ2) is 6.98. The molecular formula is C17H17ClN4O3. The topological polar surface area (TPSA) is 74.8 Å². The molecule has 1 aliphatic heterocycles. The predicted molar refractivity (Wildman–Crippen MR) is 96.7 cm³/mol. The van der Waals surface area contributed by atoms with Crippen LogP contribution in [0.15, 0.2) is 36.5 Å². The zero-order valence-corrected chi connectivity index (χ0v) is 14.6. The number of carbonyl (C=O) groups is 2. The van der Waals surface area contributed by atoms with Gasteiger partial charge in [-0.15, -0.1) is 0 Å². The Labute approximate surface area is 150 Å². The first-order valence-corrected chi connectivity index (χ1v) is 8.01. The third kappa shape index (κ3) is 3.36. The second-order valence-electron chi connectivity index (χ2n) is 5.53. The van der Waals surface area contributed by atoms with Crippen molar-refractivity contribution in [2.75, 3.05) is 42.4 Å². The molecule has 0 saturated carbocycles. The molecule has 8 heteroatoms. The molecule has 7 nitrogen and oxygen atoms in total. The quantitative estimate of drug-likeness (QED) is 0.833. The summed E-state index contributed by atoms with van der Waals surface area (Å²) in [5, 5.41) is 3.15. The molecule has 0 radical (unpaired) electrons. The summed E-state index contributed by atoms with van der Waals surface area (Å²) >= 11 is 6.00. The summed E-state index contributed by atoms with van der Waals surface area (Å²) in [5.41, 5.74) is 1.24. The number of aromatic nitrogens is 1. The molecule has 0 fully saturated rings. The summed E-state index contributed by atoms with van der Waals surface area (Å²) in [6.45, 7) is 1.14. The van der Waals surface area contributed by atoms with E-state index >= 15 is 0 Å². The van der Waals surface area contributed by atoms with Crippen LogP contribution < -0.4 is 15.1 Å². The SMILES string of the molecule is COC(=O)c1ccc(Cl)cc1NC(=O)N1CCN(C)c2ncccc21. The number of hydrogen-bond acceptors (Lipinski definition) is 5. The van der Waals surface area contributed by atoms with E-state index < -0.39 is 5.97 Å². The largest absolute Gasteiger partial charge is 0.465 e. The van der Waals surface area contributed by atoms with Gasteiger partial charge in [-0.05, 0) is 30.3 Å². The summed E-state index contributed by atoms with van der Waals surface area (Å²) < 4.78 is 4.75. The predicted octanol–water partition coefficient (Wildman–Crippen LogP) is 3.01. The van der Waals surface area contributed by atoms with Gasteiger partial charge in [-0.25, -0.2) is 14.6 Å². The molecule has 3 rings (SSSR count). The van der Waals surface area contributed by atoms with Crippen LogP contribution in [-0.2, 0) is 4.74 Å². The number of nitrogens with zero attached hydrogens (tertiary/aromatic N) is 3. The molecule has 0 aliphatic carbocycles. The molecule has 0 bridgehead atoms. The van der Waals surface area contributed by atoms with Gasteiger partial charge in [0.05, 0.1) is 24.0 Å². The first-order valence-electron chi connectivity index (χ1n) is 7.64. The highest BCUT2D eigenvalue weighted by Gasteiger charge is 2.27. The Morgan fingerprint density at radius 1 is 1.28 bits per heavy atom. The number of amides is 2. The van der Waals surface area contributed by atoms with E-state index in [1.54, 1.807) is 23.2 Å². The van der Waals surface area contributed by atoms with Crippen molar-refractivity contribution in [3.8, 4) is 0 Å². The maximum Gasteiger partial charge on any atom is 0.339 e. The first kappa shape index (κ1) is 17.0. The van der Waals surface area contributed by atoms with Crippen LogP contribution in [0.25, 0.3) is 0 Å². The van der Waals surface area contributed by atoms with Crippen LogP contribution in [0.3, 0.4) is 0 Å². The molecule has 130 valence electrons. The van der Waals surface area contributed by atoms with Crippen molar-refractivity contribution in [3.05, 3.63) is 47.1 Å². The molecular weight excluding hydrogens is 344 g/mol. The van der Waals surface area contributed by atoms with Gasteiger partial charge in [0.1, 0.15) is 0 Å². The highest BCUT2D eigenvalue weighted by atomic mass is 35.5. The minimum absolute atomic E-state index is 0.237. The third-order valence-electron chi connectivity index (χ3n) is 3.95. The average molecular weight is 361 g/mol. The number of pyridine rings is 1. The standard InChI is InChI=1S/C17H17ClN4O3/c1-21-8-9-22(14-4-3-7-19-15(14)21)17(24)20-13-10-11(18)5-6-12(13)16(23)25-2/h3-7,10H,8-9H2,1-2H3,(H,20,24). The highest BCUT2D eigenvalue weighted by molar-refractivity contribution is 6.31. The highest BCUT2D eigenvalue weighted by Crippen LogP contribution is 2.30. The molecule has 0 unspecified atom stereocenters. The average Bonchev–Trinajstić information content (AvgIpc) is 2.61. The number of nitrogens with one attached hydrogen (secondary N) is 1. The van der Waals surface area contributed by atoms with Gasteiger partial charge in [0.25, 0.3) is 0 Å².